The van der Waals surface area contributed by atoms with E-state index in [4.69, 9.17) is 5.11 Å². The second kappa shape index (κ2) is 7.37. The smallest absolute Gasteiger partial charge is 0.228 e. The molecule has 1 aromatic rings. The molecule has 1 aromatic carbocycles. The van der Waals surface area contributed by atoms with Crippen molar-refractivity contribution in [3.05, 3.63) is 29.3 Å². The van der Waals surface area contributed by atoms with Crippen LogP contribution in [-0.2, 0) is 11.2 Å². The number of carbonyl (C=O) groups is 1. The van der Waals surface area contributed by atoms with Crippen LogP contribution in [0.15, 0.2) is 18.2 Å². The molecule has 1 aliphatic rings. The fraction of sp³-hybridized carbons (Fsp3) is 0.438. The van der Waals surface area contributed by atoms with Gasteiger partial charge in [-0.3, -0.25) is 4.79 Å². The van der Waals surface area contributed by atoms with Gasteiger partial charge in [0.05, 0.1) is 0 Å². The number of nitrogens with one attached hydrogen (secondary N) is 1. The molecule has 0 spiro atoms. The molecule has 0 aliphatic carbocycles. The summed E-state index contributed by atoms with van der Waals surface area (Å²) >= 11 is 1.84. The number of carbonyl (C=O) groups excluding carboxylic acids is 1. The van der Waals surface area contributed by atoms with Gasteiger partial charge < -0.3 is 10.4 Å². The normalized spacial score (nSPS) is 17.4. The monoisotopic (exact) mass is 289 g/mol. The van der Waals surface area contributed by atoms with Gasteiger partial charge in [0.15, 0.2) is 0 Å². The average Bonchev–Trinajstić information content (AvgIpc) is 3.00. The van der Waals surface area contributed by atoms with Gasteiger partial charge in [0.2, 0.25) is 5.91 Å². The summed E-state index contributed by atoms with van der Waals surface area (Å²) in [6.07, 6.45) is 1.81. The number of rotatable bonds is 3. The first-order valence-corrected chi connectivity index (χ1v) is 8.01. The molecule has 0 bridgehead atoms. The molecule has 1 aliphatic heterocycles. The van der Waals surface area contributed by atoms with E-state index in [1.54, 1.807) is 0 Å². The Hall–Kier alpha value is -1.44. The highest BCUT2D eigenvalue weighted by molar-refractivity contribution is 7.99. The number of hydrogen-bond acceptors (Lipinski definition) is 3. The molecule has 106 valence electrons. The number of benzene rings is 1. The second-order valence-electron chi connectivity index (χ2n) is 4.74. The van der Waals surface area contributed by atoms with Crippen LogP contribution in [0.5, 0.6) is 0 Å². The van der Waals surface area contributed by atoms with E-state index in [0.717, 1.165) is 41.2 Å². The van der Waals surface area contributed by atoms with Crippen molar-refractivity contribution in [3.63, 3.8) is 0 Å². The zero-order valence-corrected chi connectivity index (χ0v) is 12.4. The van der Waals surface area contributed by atoms with E-state index in [2.05, 4.69) is 24.1 Å². The highest BCUT2D eigenvalue weighted by Crippen LogP contribution is 2.26. The fourth-order valence-electron chi connectivity index (χ4n) is 2.20. The minimum Gasteiger partial charge on any atom is -0.384 e. The van der Waals surface area contributed by atoms with Crippen LogP contribution in [0.3, 0.4) is 0 Å². The predicted molar refractivity (Wildman–Crippen MR) is 83.8 cm³/mol. The minimum absolute atomic E-state index is 0.124. The lowest BCUT2D eigenvalue weighted by Crippen LogP contribution is -2.23. The Labute approximate surface area is 124 Å². The molecule has 2 N–H and O–H groups in total. The van der Waals surface area contributed by atoms with E-state index < -0.39 is 0 Å². The van der Waals surface area contributed by atoms with Crippen molar-refractivity contribution in [1.82, 2.24) is 0 Å². The maximum atomic E-state index is 12.2. The number of aryl methyl sites for hydroxylation is 1. The van der Waals surface area contributed by atoms with Gasteiger partial charge in [-0.2, -0.15) is 11.8 Å². The van der Waals surface area contributed by atoms with Gasteiger partial charge in [-0.05, 0) is 42.4 Å². The quantitative estimate of drug-likeness (QED) is 0.839. The van der Waals surface area contributed by atoms with E-state index in [0.29, 0.717) is 0 Å². The summed E-state index contributed by atoms with van der Waals surface area (Å²) in [7, 11) is 0. The molecule has 1 heterocycles. The minimum atomic E-state index is -0.140. The molecule has 0 radical (unpaired) electrons. The number of amides is 1. The fourth-order valence-corrected chi connectivity index (χ4v) is 3.42. The summed E-state index contributed by atoms with van der Waals surface area (Å²) in [5, 5.41) is 11.8. The largest absolute Gasteiger partial charge is 0.384 e. The van der Waals surface area contributed by atoms with Gasteiger partial charge in [0.1, 0.15) is 6.61 Å². The first kappa shape index (κ1) is 15.0. The van der Waals surface area contributed by atoms with E-state index >= 15 is 0 Å². The molecule has 1 atom stereocenters. The third-order valence-electron chi connectivity index (χ3n) is 3.36. The number of aliphatic hydroxyl groups is 1. The van der Waals surface area contributed by atoms with Crippen molar-refractivity contribution >= 4 is 23.4 Å². The van der Waals surface area contributed by atoms with Crippen LogP contribution in [0.25, 0.3) is 0 Å². The standard InChI is InChI=1S/C16H19NO2S/c1-2-13-10-12(4-3-8-18)5-6-15(13)17-16(19)14-7-9-20-11-14/h5-6,10,14,18H,2,7-9,11H2,1H3,(H,17,19). The lowest BCUT2D eigenvalue weighted by atomic mass is 10.0. The molecule has 1 amide bonds. The van der Waals surface area contributed by atoms with Crippen molar-refractivity contribution in [2.24, 2.45) is 5.92 Å². The number of thioether (sulfide) groups is 1. The molecule has 4 heteroatoms. The third-order valence-corrected chi connectivity index (χ3v) is 4.52. The van der Waals surface area contributed by atoms with E-state index in [-0.39, 0.29) is 18.4 Å². The van der Waals surface area contributed by atoms with Gasteiger partial charge in [0, 0.05) is 22.9 Å². The topological polar surface area (TPSA) is 49.3 Å². The van der Waals surface area contributed by atoms with Crippen LogP contribution < -0.4 is 5.32 Å². The maximum absolute atomic E-state index is 12.2. The van der Waals surface area contributed by atoms with Gasteiger partial charge in [-0.25, -0.2) is 0 Å². The zero-order valence-electron chi connectivity index (χ0n) is 11.6. The lowest BCUT2D eigenvalue weighted by Gasteiger charge is -2.13. The first-order chi connectivity index (χ1) is 9.74. The molecule has 2 rings (SSSR count). The highest BCUT2D eigenvalue weighted by Gasteiger charge is 2.23. The van der Waals surface area contributed by atoms with Crippen LogP contribution in [0.1, 0.15) is 24.5 Å². The van der Waals surface area contributed by atoms with Crippen LogP contribution in [0.4, 0.5) is 5.69 Å². The molecule has 3 nitrogen and oxygen atoms in total. The van der Waals surface area contributed by atoms with Crippen LogP contribution >= 0.6 is 11.8 Å². The summed E-state index contributed by atoms with van der Waals surface area (Å²) in [6.45, 7) is 1.92. The van der Waals surface area contributed by atoms with Crippen LogP contribution in [0, 0.1) is 17.8 Å². The van der Waals surface area contributed by atoms with Crippen molar-refractivity contribution < 1.29 is 9.90 Å². The number of aliphatic hydroxyl groups excluding tert-OH is 1. The van der Waals surface area contributed by atoms with Gasteiger partial charge in [0.25, 0.3) is 0 Å². The summed E-state index contributed by atoms with van der Waals surface area (Å²) in [5.74, 6) is 7.79. The van der Waals surface area contributed by atoms with E-state index in [1.807, 2.05) is 30.0 Å². The van der Waals surface area contributed by atoms with Gasteiger partial charge >= 0.3 is 0 Å². The zero-order chi connectivity index (χ0) is 14.4. The van der Waals surface area contributed by atoms with Crippen molar-refractivity contribution in [2.45, 2.75) is 19.8 Å². The van der Waals surface area contributed by atoms with Gasteiger partial charge in [-0.1, -0.05) is 18.8 Å². The van der Waals surface area contributed by atoms with Crippen molar-refractivity contribution in [2.75, 3.05) is 23.4 Å². The Morgan fingerprint density at radius 3 is 3.05 bits per heavy atom. The predicted octanol–water partition coefficient (Wildman–Crippen LogP) is 2.28. The summed E-state index contributed by atoms with van der Waals surface area (Å²) < 4.78 is 0. The number of hydrogen-bond donors (Lipinski definition) is 2. The Balaban J connectivity index is 2.12. The molecule has 20 heavy (non-hydrogen) atoms. The van der Waals surface area contributed by atoms with Crippen LogP contribution in [0.2, 0.25) is 0 Å². The second-order valence-corrected chi connectivity index (χ2v) is 5.88. The Morgan fingerprint density at radius 1 is 1.55 bits per heavy atom. The highest BCUT2D eigenvalue weighted by atomic mass is 32.2. The summed E-state index contributed by atoms with van der Waals surface area (Å²) in [4.78, 5) is 12.2. The SMILES string of the molecule is CCc1cc(C#CCO)ccc1NC(=O)C1CCSC1. The maximum Gasteiger partial charge on any atom is 0.228 e. The molecule has 0 aromatic heterocycles. The molecule has 1 unspecified atom stereocenters. The first-order valence-electron chi connectivity index (χ1n) is 6.86. The molecule has 1 saturated heterocycles. The van der Waals surface area contributed by atoms with Crippen molar-refractivity contribution in [1.29, 1.82) is 0 Å². The Morgan fingerprint density at radius 2 is 2.40 bits per heavy atom. The van der Waals surface area contributed by atoms with E-state index in [1.165, 1.54) is 0 Å². The lowest BCUT2D eigenvalue weighted by molar-refractivity contribution is -0.119. The van der Waals surface area contributed by atoms with Crippen LogP contribution in [-0.4, -0.2) is 29.1 Å². The van der Waals surface area contributed by atoms with Crippen molar-refractivity contribution in [3.8, 4) is 11.8 Å². The average molecular weight is 289 g/mol. The Kier molecular flexibility index (Phi) is 5.51. The number of anilines is 1. The van der Waals surface area contributed by atoms with E-state index in [9.17, 15) is 4.79 Å². The molecular weight excluding hydrogens is 270 g/mol. The molecule has 1 fully saturated rings. The third kappa shape index (κ3) is 3.78. The molecular formula is C16H19NO2S. The Bertz CT molecular complexity index is 539. The summed E-state index contributed by atoms with van der Waals surface area (Å²) in [5.41, 5.74) is 2.82. The molecule has 0 saturated carbocycles. The summed E-state index contributed by atoms with van der Waals surface area (Å²) in [6, 6.07) is 5.75. The van der Waals surface area contributed by atoms with Gasteiger partial charge in [-0.15, -0.1) is 0 Å².